The van der Waals surface area contributed by atoms with Gasteiger partial charge in [0.1, 0.15) is 22.3 Å². The van der Waals surface area contributed by atoms with Crippen LogP contribution in [0.3, 0.4) is 0 Å². The second-order valence-electron chi connectivity index (χ2n) is 12.0. The summed E-state index contributed by atoms with van der Waals surface area (Å²) in [5.74, 6) is 1.74. The van der Waals surface area contributed by atoms with Crippen molar-refractivity contribution in [1.29, 1.82) is 0 Å². The first kappa shape index (κ1) is 26.6. The van der Waals surface area contributed by atoms with Gasteiger partial charge in [-0.3, -0.25) is 0 Å². The Labute approximate surface area is 274 Å². The van der Waals surface area contributed by atoms with E-state index in [0.29, 0.717) is 17.5 Å². The van der Waals surface area contributed by atoms with Crippen molar-refractivity contribution in [2.75, 3.05) is 0 Å². The lowest BCUT2D eigenvalue weighted by Crippen LogP contribution is -2.01. The molecule has 10 aromatic rings. The minimum absolute atomic E-state index is 0.566. The van der Waals surface area contributed by atoms with Gasteiger partial charge in [0.2, 0.25) is 0 Å². The Morgan fingerprint density at radius 3 is 1.81 bits per heavy atom. The topological polar surface area (TPSA) is 65.0 Å². The maximum atomic E-state index is 6.28. The lowest BCUT2D eigenvalue weighted by atomic mass is 9.96. The minimum atomic E-state index is 0.566. The van der Waals surface area contributed by atoms with Gasteiger partial charge in [-0.05, 0) is 64.4 Å². The molecule has 0 N–H and O–H groups in total. The summed E-state index contributed by atoms with van der Waals surface area (Å²) in [6.45, 7) is 0. The van der Waals surface area contributed by atoms with Crippen molar-refractivity contribution in [2.24, 2.45) is 0 Å². The van der Waals surface area contributed by atoms with Crippen molar-refractivity contribution < 1.29 is 8.83 Å². The van der Waals surface area contributed by atoms with Gasteiger partial charge in [0, 0.05) is 38.2 Å². The molecule has 0 saturated carbocycles. The van der Waals surface area contributed by atoms with Gasteiger partial charge in [-0.15, -0.1) is 0 Å². The molecule has 0 unspecified atom stereocenters. The van der Waals surface area contributed by atoms with Crippen LogP contribution in [0.25, 0.3) is 99.9 Å². The molecule has 5 nitrogen and oxygen atoms in total. The Morgan fingerprint density at radius 1 is 0.333 bits per heavy atom. The Kier molecular flexibility index (Phi) is 5.81. The summed E-state index contributed by atoms with van der Waals surface area (Å²) in [5.41, 5.74) is 8.15. The predicted octanol–water partition coefficient (Wildman–Crippen LogP) is 11.5. The van der Waals surface area contributed by atoms with Gasteiger partial charge in [0.15, 0.2) is 17.5 Å². The Hall–Kier alpha value is -6.59. The van der Waals surface area contributed by atoms with Crippen LogP contribution in [0.2, 0.25) is 0 Å². The number of aromatic nitrogens is 3. The van der Waals surface area contributed by atoms with E-state index in [1.54, 1.807) is 0 Å². The fraction of sp³-hybridized carbons (Fsp3) is 0. The Balaban J connectivity index is 1.26. The molecule has 3 aromatic heterocycles. The van der Waals surface area contributed by atoms with Crippen molar-refractivity contribution in [3.8, 4) is 45.3 Å². The van der Waals surface area contributed by atoms with E-state index in [4.69, 9.17) is 23.8 Å². The van der Waals surface area contributed by atoms with Crippen LogP contribution in [0.4, 0.5) is 0 Å². The predicted molar refractivity (Wildman–Crippen MR) is 194 cm³/mol. The number of nitrogens with zero attached hydrogens (tertiary/aromatic N) is 3. The molecule has 0 saturated heterocycles. The zero-order valence-electron chi connectivity index (χ0n) is 25.6. The first-order chi connectivity index (χ1) is 23.8. The summed E-state index contributed by atoms with van der Waals surface area (Å²) in [4.78, 5) is 15.6. The molecule has 48 heavy (non-hydrogen) atoms. The van der Waals surface area contributed by atoms with E-state index < -0.39 is 0 Å². The number of fused-ring (bicyclic) bond motifs is 7. The van der Waals surface area contributed by atoms with Crippen molar-refractivity contribution >= 4 is 54.6 Å². The first-order valence-corrected chi connectivity index (χ1v) is 15.9. The minimum Gasteiger partial charge on any atom is -0.456 e. The largest absolute Gasteiger partial charge is 0.456 e. The van der Waals surface area contributed by atoms with E-state index in [9.17, 15) is 0 Å². The number of hydrogen-bond donors (Lipinski definition) is 0. The smallest absolute Gasteiger partial charge is 0.164 e. The molecule has 3 heterocycles. The van der Waals surface area contributed by atoms with Gasteiger partial charge < -0.3 is 8.83 Å². The molecule has 0 aliphatic rings. The van der Waals surface area contributed by atoms with E-state index in [-0.39, 0.29) is 0 Å². The van der Waals surface area contributed by atoms with Crippen LogP contribution in [0, 0.1) is 0 Å². The molecule has 10 rings (SSSR count). The maximum absolute atomic E-state index is 6.28. The molecular weight excluding hydrogens is 590 g/mol. The summed E-state index contributed by atoms with van der Waals surface area (Å²) >= 11 is 0. The third-order valence-corrected chi connectivity index (χ3v) is 9.13. The molecule has 0 aliphatic carbocycles. The molecule has 0 aliphatic heterocycles. The Morgan fingerprint density at radius 2 is 0.958 bits per heavy atom. The number of benzene rings is 7. The van der Waals surface area contributed by atoms with E-state index in [1.807, 2.05) is 60.7 Å². The van der Waals surface area contributed by atoms with Gasteiger partial charge >= 0.3 is 0 Å². The van der Waals surface area contributed by atoms with E-state index >= 15 is 0 Å². The molecule has 7 aromatic carbocycles. The van der Waals surface area contributed by atoms with Crippen molar-refractivity contribution in [3.05, 3.63) is 152 Å². The lowest BCUT2D eigenvalue weighted by Gasteiger charge is -2.13. The molecule has 224 valence electrons. The van der Waals surface area contributed by atoms with Gasteiger partial charge in [-0.1, -0.05) is 109 Å². The van der Waals surface area contributed by atoms with Gasteiger partial charge in [-0.2, -0.15) is 0 Å². The van der Waals surface area contributed by atoms with Crippen LogP contribution >= 0.6 is 0 Å². The average molecular weight is 616 g/mol. The third-order valence-electron chi connectivity index (χ3n) is 9.13. The van der Waals surface area contributed by atoms with Crippen LogP contribution < -0.4 is 0 Å². The highest BCUT2D eigenvalue weighted by atomic mass is 16.3. The molecule has 0 spiro atoms. The maximum Gasteiger partial charge on any atom is 0.164 e. The van der Waals surface area contributed by atoms with Crippen LogP contribution in [0.15, 0.2) is 160 Å². The molecule has 0 fully saturated rings. The standard InChI is InChI=1S/C43H25N3O2/c1-2-11-26(12-3-1)29-23-27-13-4-5-14-30(27)35(24-29)43-45-41(28-21-22-32-31-15-6-8-18-36(31)48-39(32)25-28)44-42(46-43)34-17-10-20-38-40(34)33-16-7-9-19-37(33)47-38/h1-25H. The fourth-order valence-corrected chi connectivity index (χ4v) is 6.86. The SMILES string of the molecule is c1ccc(-c2cc(-c3nc(-c4ccc5c(c4)oc4ccccc45)nc(-c4cccc5oc6ccccc6c45)n3)c3ccccc3c2)cc1. The Bertz CT molecular complexity index is 2850. The zero-order chi connectivity index (χ0) is 31.6. The van der Waals surface area contributed by atoms with Crippen LogP contribution in [-0.4, -0.2) is 15.0 Å². The lowest BCUT2D eigenvalue weighted by molar-refractivity contribution is 0.668. The monoisotopic (exact) mass is 615 g/mol. The highest BCUT2D eigenvalue weighted by molar-refractivity contribution is 6.12. The highest BCUT2D eigenvalue weighted by Crippen LogP contribution is 2.39. The molecule has 0 atom stereocenters. The number of furan rings is 2. The summed E-state index contributed by atoms with van der Waals surface area (Å²) in [7, 11) is 0. The number of para-hydroxylation sites is 2. The van der Waals surface area contributed by atoms with Crippen LogP contribution in [0.1, 0.15) is 0 Å². The number of hydrogen-bond acceptors (Lipinski definition) is 5. The van der Waals surface area contributed by atoms with Crippen molar-refractivity contribution in [2.45, 2.75) is 0 Å². The van der Waals surface area contributed by atoms with Gasteiger partial charge in [0.05, 0.1) is 0 Å². The molecular formula is C43H25N3O2. The fourth-order valence-electron chi connectivity index (χ4n) is 6.86. The van der Waals surface area contributed by atoms with E-state index in [1.165, 1.54) is 0 Å². The molecule has 5 heteroatoms. The summed E-state index contributed by atoms with van der Waals surface area (Å²) < 4.78 is 12.5. The molecule has 0 amide bonds. The second kappa shape index (κ2) is 10.5. The van der Waals surface area contributed by atoms with E-state index in [0.717, 1.165) is 82.5 Å². The van der Waals surface area contributed by atoms with E-state index in [2.05, 4.69) is 91.0 Å². The second-order valence-corrected chi connectivity index (χ2v) is 12.0. The first-order valence-electron chi connectivity index (χ1n) is 15.9. The van der Waals surface area contributed by atoms with Crippen molar-refractivity contribution in [3.63, 3.8) is 0 Å². The summed E-state index contributed by atoms with van der Waals surface area (Å²) in [5, 5.41) is 6.32. The van der Waals surface area contributed by atoms with Crippen molar-refractivity contribution in [1.82, 2.24) is 15.0 Å². The quantitative estimate of drug-likeness (QED) is 0.197. The highest BCUT2D eigenvalue weighted by Gasteiger charge is 2.20. The van der Waals surface area contributed by atoms with Gasteiger partial charge in [0.25, 0.3) is 0 Å². The third kappa shape index (κ3) is 4.22. The number of rotatable bonds is 4. The molecule has 0 bridgehead atoms. The normalized spacial score (nSPS) is 11.8. The van der Waals surface area contributed by atoms with Crippen LogP contribution in [-0.2, 0) is 0 Å². The van der Waals surface area contributed by atoms with Crippen LogP contribution in [0.5, 0.6) is 0 Å². The zero-order valence-corrected chi connectivity index (χ0v) is 25.6. The summed E-state index contributed by atoms with van der Waals surface area (Å²) in [6.07, 6.45) is 0. The molecule has 0 radical (unpaired) electrons. The average Bonchev–Trinajstić information content (AvgIpc) is 3.72. The van der Waals surface area contributed by atoms with Gasteiger partial charge in [-0.25, -0.2) is 15.0 Å². The summed E-state index contributed by atoms with van der Waals surface area (Å²) in [6, 6.07) is 51.7.